The van der Waals surface area contributed by atoms with E-state index in [4.69, 9.17) is 14.2 Å². The molecule has 2 atom stereocenters. The van der Waals surface area contributed by atoms with Crippen molar-refractivity contribution in [3.8, 4) is 11.5 Å². The first-order valence-corrected chi connectivity index (χ1v) is 12.2. The average Bonchev–Trinajstić information content (AvgIpc) is 2.96. The highest BCUT2D eigenvalue weighted by atomic mass is 19.1. The lowest BCUT2D eigenvalue weighted by molar-refractivity contribution is 0.0532. The summed E-state index contributed by atoms with van der Waals surface area (Å²) >= 11 is 0. The molecule has 2 unspecified atom stereocenters. The molecule has 4 rings (SSSR count). The number of rotatable bonds is 7. The van der Waals surface area contributed by atoms with E-state index in [0.29, 0.717) is 33.8 Å². The molecule has 198 valence electrons. The minimum atomic E-state index is -0.852. The summed E-state index contributed by atoms with van der Waals surface area (Å²) < 4.78 is 30.4. The highest BCUT2D eigenvalue weighted by molar-refractivity contribution is 6.03. The largest absolute Gasteiger partial charge is 0.497 e. The molecule has 0 N–H and O–H groups in total. The van der Waals surface area contributed by atoms with E-state index in [0.717, 1.165) is 0 Å². The second-order valence-electron chi connectivity index (χ2n) is 9.26. The van der Waals surface area contributed by atoms with Crippen LogP contribution in [-0.2, 0) is 4.74 Å². The molecule has 0 aromatic heterocycles. The van der Waals surface area contributed by atoms with Gasteiger partial charge in [0.05, 0.1) is 21.3 Å². The quantitative estimate of drug-likeness (QED) is 0.393. The van der Waals surface area contributed by atoms with Crippen LogP contribution in [0.25, 0.3) is 0 Å². The number of hydrogen-bond donors (Lipinski definition) is 0. The van der Waals surface area contributed by atoms with Crippen LogP contribution in [0, 0.1) is 24.6 Å². The summed E-state index contributed by atoms with van der Waals surface area (Å²) in [6.07, 6.45) is -0.647. The van der Waals surface area contributed by atoms with Gasteiger partial charge in [-0.15, -0.1) is 0 Å². The predicted molar refractivity (Wildman–Crippen MR) is 139 cm³/mol. The molecule has 1 saturated heterocycles. The molecule has 7 nitrogen and oxygen atoms in total. The highest BCUT2D eigenvalue weighted by Crippen LogP contribution is 2.43. The number of ether oxygens (including phenoxy) is 3. The lowest BCUT2D eigenvalue weighted by atomic mass is 9.68. The van der Waals surface area contributed by atoms with Crippen molar-refractivity contribution in [2.24, 2.45) is 11.8 Å². The third-order valence-electron chi connectivity index (χ3n) is 7.18. The van der Waals surface area contributed by atoms with Gasteiger partial charge in [-0.25, -0.2) is 9.18 Å². The number of ketones is 2. The third kappa shape index (κ3) is 5.25. The van der Waals surface area contributed by atoms with Crippen molar-refractivity contribution < 1.29 is 33.0 Å². The van der Waals surface area contributed by atoms with E-state index in [2.05, 4.69) is 0 Å². The van der Waals surface area contributed by atoms with Crippen LogP contribution in [0.15, 0.2) is 66.7 Å². The van der Waals surface area contributed by atoms with Crippen LogP contribution in [0.5, 0.6) is 11.5 Å². The van der Waals surface area contributed by atoms with Gasteiger partial charge in [0.1, 0.15) is 17.3 Å². The second kappa shape index (κ2) is 11.5. The van der Waals surface area contributed by atoms with Gasteiger partial charge in [-0.2, -0.15) is 0 Å². The van der Waals surface area contributed by atoms with Gasteiger partial charge in [-0.3, -0.25) is 9.59 Å². The summed E-state index contributed by atoms with van der Waals surface area (Å²) in [7, 11) is 4.26. The minimum Gasteiger partial charge on any atom is -0.497 e. The van der Waals surface area contributed by atoms with E-state index in [1.165, 1.54) is 32.3 Å². The number of Topliss-reactive ketones (excluding diaryl/α,β-unsaturated/α-hetero) is 2. The smallest absolute Gasteiger partial charge is 0.409 e. The fourth-order valence-corrected chi connectivity index (χ4v) is 5.23. The first-order valence-electron chi connectivity index (χ1n) is 12.2. The van der Waals surface area contributed by atoms with Crippen LogP contribution >= 0.6 is 0 Å². The van der Waals surface area contributed by atoms with Crippen molar-refractivity contribution in [1.82, 2.24) is 4.90 Å². The van der Waals surface area contributed by atoms with Crippen LogP contribution in [0.3, 0.4) is 0 Å². The Hall–Kier alpha value is -4.20. The van der Waals surface area contributed by atoms with Crippen molar-refractivity contribution in [2.45, 2.75) is 12.8 Å². The Labute approximate surface area is 221 Å². The molecule has 0 spiro atoms. The maximum absolute atomic E-state index is 14.8. The van der Waals surface area contributed by atoms with Gasteiger partial charge < -0.3 is 19.1 Å². The van der Waals surface area contributed by atoms with Gasteiger partial charge in [0.2, 0.25) is 0 Å². The molecule has 0 bridgehead atoms. The van der Waals surface area contributed by atoms with Crippen LogP contribution in [-0.4, -0.2) is 57.0 Å². The van der Waals surface area contributed by atoms with Gasteiger partial charge in [-0.05, 0) is 48.4 Å². The molecule has 1 amide bonds. The second-order valence-corrected chi connectivity index (χ2v) is 9.26. The first-order chi connectivity index (χ1) is 18.3. The van der Waals surface area contributed by atoms with Crippen LogP contribution in [0.4, 0.5) is 9.18 Å². The van der Waals surface area contributed by atoms with Gasteiger partial charge in [-0.1, -0.05) is 36.4 Å². The molecule has 1 aliphatic heterocycles. The van der Waals surface area contributed by atoms with Crippen molar-refractivity contribution in [2.75, 3.05) is 34.4 Å². The van der Waals surface area contributed by atoms with Crippen LogP contribution in [0.2, 0.25) is 0 Å². The number of likely N-dealkylation sites (tertiary alicyclic amines) is 1. The molecule has 3 aromatic rings. The number of halogens is 1. The zero-order valence-corrected chi connectivity index (χ0v) is 21.8. The number of nitrogens with zero attached hydrogens (tertiary/aromatic N) is 1. The van der Waals surface area contributed by atoms with E-state index >= 15 is 0 Å². The van der Waals surface area contributed by atoms with E-state index < -0.39 is 29.7 Å². The Balaban J connectivity index is 1.89. The Morgan fingerprint density at radius 1 is 0.789 bits per heavy atom. The van der Waals surface area contributed by atoms with Gasteiger partial charge >= 0.3 is 6.09 Å². The zero-order valence-electron chi connectivity index (χ0n) is 21.8. The molecule has 1 fully saturated rings. The topological polar surface area (TPSA) is 82.1 Å². The fourth-order valence-electron chi connectivity index (χ4n) is 5.23. The van der Waals surface area contributed by atoms with E-state index in [-0.39, 0.29) is 24.7 Å². The molecule has 8 heteroatoms. The van der Waals surface area contributed by atoms with Crippen molar-refractivity contribution in [1.29, 1.82) is 0 Å². The van der Waals surface area contributed by atoms with Gasteiger partial charge in [0, 0.05) is 42.0 Å². The molecular formula is C30H30FNO6. The zero-order chi connectivity index (χ0) is 27.4. The van der Waals surface area contributed by atoms with E-state index in [9.17, 15) is 18.8 Å². The maximum atomic E-state index is 14.8. The van der Waals surface area contributed by atoms with E-state index in [1.807, 2.05) is 0 Å². The van der Waals surface area contributed by atoms with Crippen molar-refractivity contribution >= 4 is 17.7 Å². The number of hydrogen-bond acceptors (Lipinski definition) is 6. The predicted octanol–water partition coefficient (Wildman–Crippen LogP) is 5.32. The normalized spacial score (nSPS) is 19.0. The van der Waals surface area contributed by atoms with Gasteiger partial charge in [0.15, 0.2) is 11.6 Å². The number of benzene rings is 3. The summed E-state index contributed by atoms with van der Waals surface area (Å²) in [5.41, 5.74) is 1.65. The number of piperidine rings is 1. The molecule has 38 heavy (non-hydrogen) atoms. The minimum absolute atomic E-state index is 0.00519. The van der Waals surface area contributed by atoms with Gasteiger partial charge in [0.25, 0.3) is 0 Å². The summed E-state index contributed by atoms with van der Waals surface area (Å²) in [4.78, 5) is 42.2. The molecule has 1 heterocycles. The van der Waals surface area contributed by atoms with Crippen molar-refractivity contribution in [3.63, 3.8) is 0 Å². The Kier molecular flexibility index (Phi) is 8.10. The van der Waals surface area contributed by atoms with E-state index in [1.54, 1.807) is 67.6 Å². The Morgan fingerprint density at radius 2 is 1.29 bits per heavy atom. The van der Waals surface area contributed by atoms with Crippen molar-refractivity contribution in [3.05, 3.63) is 94.8 Å². The SMILES string of the molecule is COC(=O)N1CC(C(=O)c2cccc(OC)c2)C(c2cccc(F)c2C)C(C(=O)c2cccc(OC)c2)C1. The fraction of sp³-hybridized carbons (Fsp3) is 0.300. The molecule has 3 aromatic carbocycles. The first kappa shape index (κ1) is 26.9. The summed E-state index contributed by atoms with van der Waals surface area (Å²) in [6, 6.07) is 18.1. The third-order valence-corrected chi connectivity index (χ3v) is 7.18. The summed E-state index contributed by atoms with van der Waals surface area (Å²) in [5.74, 6) is -2.41. The number of amides is 1. The summed E-state index contributed by atoms with van der Waals surface area (Å²) in [6.45, 7) is 1.65. The number of carbonyl (C=O) groups excluding carboxylic acids is 3. The highest BCUT2D eigenvalue weighted by Gasteiger charge is 2.47. The monoisotopic (exact) mass is 519 g/mol. The number of methoxy groups -OCH3 is 3. The molecule has 0 aliphatic carbocycles. The van der Waals surface area contributed by atoms with Crippen LogP contribution < -0.4 is 9.47 Å². The molecular weight excluding hydrogens is 489 g/mol. The molecule has 0 radical (unpaired) electrons. The van der Waals surface area contributed by atoms with Crippen LogP contribution in [0.1, 0.15) is 37.8 Å². The molecule has 1 aliphatic rings. The maximum Gasteiger partial charge on any atom is 0.409 e. The average molecular weight is 520 g/mol. The lowest BCUT2D eigenvalue weighted by Gasteiger charge is -2.42. The number of carbonyl (C=O) groups is 3. The molecule has 0 saturated carbocycles. The standard InChI is InChI=1S/C30H30FNO6/c1-18-23(12-7-13-26(18)31)27-24(28(33)19-8-5-10-21(14-19)36-2)16-32(30(35)38-4)17-25(27)29(34)20-9-6-11-22(15-20)37-3/h5-15,24-25,27H,16-17H2,1-4H3. The Bertz CT molecular complexity index is 1290. The summed E-state index contributed by atoms with van der Waals surface area (Å²) in [5, 5.41) is 0. The Morgan fingerprint density at radius 3 is 1.76 bits per heavy atom. The lowest BCUT2D eigenvalue weighted by Crippen LogP contribution is -2.52.